The minimum Gasteiger partial charge on any atom is -0.355 e. The number of rotatable bonds is 5. The zero-order valence-corrected chi connectivity index (χ0v) is 19.1. The number of fused-ring (bicyclic) bond motifs is 1. The highest BCUT2D eigenvalue weighted by Gasteiger charge is 2.20. The molecule has 0 spiro atoms. The quantitative estimate of drug-likeness (QED) is 0.263. The molecule has 0 saturated heterocycles. The van der Waals surface area contributed by atoms with Gasteiger partial charge in [0.2, 0.25) is 5.91 Å². The number of nitrogens with one attached hydrogen (secondary N) is 3. The molecule has 0 bridgehead atoms. The second-order valence-corrected chi connectivity index (χ2v) is 7.44. The normalized spacial score (nSPS) is 12.9. The van der Waals surface area contributed by atoms with Gasteiger partial charge in [0.05, 0.1) is 6.04 Å². The van der Waals surface area contributed by atoms with Gasteiger partial charge in [-0.15, -0.1) is 24.0 Å². The molecule has 2 aromatic carbocycles. The molecule has 5 nitrogen and oxygen atoms in total. The second-order valence-electron chi connectivity index (χ2n) is 7.44. The summed E-state index contributed by atoms with van der Waals surface area (Å²) in [7, 11) is 1.75. The van der Waals surface area contributed by atoms with Crippen molar-refractivity contribution >= 4 is 46.6 Å². The number of halogens is 1. The van der Waals surface area contributed by atoms with E-state index in [-0.39, 0.29) is 41.3 Å². The number of hydrogen-bond acceptors (Lipinski definition) is 2. The minimum absolute atomic E-state index is 0. The van der Waals surface area contributed by atoms with Gasteiger partial charge < -0.3 is 16.0 Å². The number of aliphatic imine (C=N–C) groups is 1. The van der Waals surface area contributed by atoms with Gasteiger partial charge in [-0.3, -0.25) is 9.79 Å². The van der Waals surface area contributed by atoms with Crippen LogP contribution in [0.25, 0.3) is 10.8 Å². The van der Waals surface area contributed by atoms with Gasteiger partial charge in [0.1, 0.15) is 0 Å². The van der Waals surface area contributed by atoms with E-state index in [2.05, 4.69) is 70.3 Å². The molecule has 0 fully saturated rings. The maximum absolute atomic E-state index is 11.9. The minimum atomic E-state index is -0.372. The van der Waals surface area contributed by atoms with Crippen molar-refractivity contribution in [3.8, 4) is 0 Å². The first-order chi connectivity index (χ1) is 12.3. The van der Waals surface area contributed by atoms with Crippen LogP contribution in [0.3, 0.4) is 0 Å². The first-order valence-electron chi connectivity index (χ1n) is 9.06. The molecule has 3 N–H and O–H groups in total. The van der Waals surface area contributed by atoms with Crippen LogP contribution in [0.15, 0.2) is 47.5 Å². The van der Waals surface area contributed by atoms with Crippen LogP contribution in [-0.4, -0.2) is 32.0 Å². The third-order valence-electron chi connectivity index (χ3n) is 4.25. The fraction of sp³-hybridized carbons (Fsp3) is 0.429. The molecule has 148 valence electrons. The van der Waals surface area contributed by atoms with E-state index in [1.165, 1.54) is 16.3 Å². The molecule has 0 aliphatic rings. The average molecular weight is 482 g/mol. The van der Waals surface area contributed by atoms with Crippen molar-refractivity contribution in [1.82, 2.24) is 16.0 Å². The van der Waals surface area contributed by atoms with Crippen LogP contribution in [0.5, 0.6) is 0 Å². The van der Waals surface area contributed by atoms with Crippen molar-refractivity contribution in [1.29, 1.82) is 0 Å². The Balaban J connectivity index is 0.00000364. The lowest BCUT2D eigenvalue weighted by atomic mass is 9.96. The Labute approximate surface area is 179 Å². The van der Waals surface area contributed by atoms with E-state index < -0.39 is 0 Å². The molecule has 0 aliphatic carbocycles. The van der Waals surface area contributed by atoms with E-state index in [4.69, 9.17) is 0 Å². The first-order valence-corrected chi connectivity index (χ1v) is 9.06. The summed E-state index contributed by atoms with van der Waals surface area (Å²) in [6.45, 7) is 9.01. The van der Waals surface area contributed by atoms with Crippen molar-refractivity contribution in [2.24, 2.45) is 10.4 Å². The van der Waals surface area contributed by atoms with Crippen LogP contribution in [-0.2, 0) is 4.79 Å². The summed E-state index contributed by atoms with van der Waals surface area (Å²) < 4.78 is 0. The number of amides is 1. The maximum Gasteiger partial charge on any atom is 0.225 e. The van der Waals surface area contributed by atoms with Crippen LogP contribution in [0.1, 0.15) is 39.3 Å². The van der Waals surface area contributed by atoms with Crippen molar-refractivity contribution < 1.29 is 4.79 Å². The van der Waals surface area contributed by atoms with E-state index in [0.29, 0.717) is 13.1 Å². The predicted molar refractivity (Wildman–Crippen MR) is 125 cm³/mol. The number of carbonyl (C=O) groups is 1. The van der Waals surface area contributed by atoms with Gasteiger partial charge in [0.15, 0.2) is 5.96 Å². The number of guanidine groups is 1. The Bertz CT molecular complexity index is 778. The van der Waals surface area contributed by atoms with Crippen LogP contribution in [0, 0.1) is 5.41 Å². The predicted octanol–water partition coefficient (Wildman–Crippen LogP) is 3.85. The molecule has 27 heavy (non-hydrogen) atoms. The summed E-state index contributed by atoms with van der Waals surface area (Å²) in [4.78, 5) is 16.2. The third-order valence-corrected chi connectivity index (χ3v) is 4.25. The summed E-state index contributed by atoms with van der Waals surface area (Å²) in [6, 6.07) is 14.8. The molecule has 0 radical (unpaired) electrons. The lowest BCUT2D eigenvalue weighted by Crippen LogP contribution is -2.44. The Morgan fingerprint density at radius 1 is 1.04 bits per heavy atom. The number of hydrogen-bond donors (Lipinski definition) is 3. The van der Waals surface area contributed by atoms with Crippen LogP contribution < -0.4 is 16.0 Å². The Hall–Kier alpha value is -1.83. The van der Waals surface area contributed by atoms with Crippen molar-refractivity contribution in [2.75, 3.05) is 20.1 Å². The van der Waals surface area contributed by atoms with E-state index >= 15 is 0 Å². The third kappa shape index (κ3) is 6.68. The van der Waals surface area contributed by atoms with E-state index in [1.54, 1.807) is 7.05 Å². The smallest absolute Gasteiger partial charge is 0.225 e. The average Bonchev–Trinajstić information content (AvgIpc) is 2.62. The summed E-state index contributed by atoms with van der Waals surface area (Å²) in [5.74, 6) is 0.766. The molecule has 6 heteroatoms. The molecular formula is C21H31IN4O. The molecule has 0 aromatic heterocycles. The molecule has 1 unspecified atom stereocenters. The van der Waals surface area contributed by atoms with Crippen LogP contribution >= 0.6 is 24.0 Å². The summed E-state index contributed by atoms with van der Waals surface area (Å²) in [5, 5.41) is 12.1. The van der Waals surface area contributed by atoms with Gasteiger partial charge in [0.25, 0.3) is 0 Å². The van der Waals surface area contributed by atoms with Crippen molar-refractivity contribution in [2.45, 2.75) is 33.7 Å². The zero-order valence-electron chi connectivity index (χ0n) is 16.8. The van der Waals surface area contributed by atoms with Gasteiger partial charge >= 0.3 is 0 Å². The second kappa shape index (κ2) is 10.5. The molecule has 1 atom stereocenters. The lowest BCUT2D eigenvalue weighted by molar-refractivity contribution is -0.128. The molecule has 2 rings (SSSR count). The van der Waals surface area contributed by atoms with E-state index in [9.17, 15) is 4.79 Å². The molecule has 1 amide bonds. The van der Waals surface area contributed by atoms with Crippen LogP contribution in [0.2, 0.25) is 0 Å². The highest BCUT2D eigenvalue weighted by molar-refractivity contribution is 14.0. The highest BCUT2D eigenvalue weighted by Crippen LogP contribution is 2.23. The van der Waals surface area contributed by atoms with Gasteiger partial charge in [0, 0.05) is 25.6 Å². The maximum atomic E-state index is 11.9. The Morgan fingerprint density at radius 3 is 2.33 bits per heavy atom. The standard InChI is InChI=1S/C21H30N4O.HI/c1-15(17-12-8-10-16-9-6-7-11-18(16)17)25-20(22-5)24-14-13-23-19(26)21(2,3)4;/h6-12,15H,13-14H2,1-5H3,(H,23,26)(H2,22,24,25);1H. The van der Waals surface area contributed by atoms with E-state index in [0.717, 1.165) is 5.96 Å². The summed E-state index contributed by atoms with van der Waals surface area (Å²) >= 11 is 0. The number of nitrogens with zero attached hydrogens (tertiary/aromatic N) is 1. The Morgan fingerprint density at radius 2 is 1.67 bits per heavy atom. The highest BCUT2D eigenvalue weighted by atomic mass is 127. The lowest BCUT2D eigenvalue weighted by Gasteiger charge is -2.21. The van der Waals surface area contributed by atoms with Crippen molar-refractivity contribution in [3.63, 3.8) is 0 Å². The van der Waals surface area contributed by atoms with Gasteiger partial charge in [-0.1, -0.05) is 63.2 Å². The molecule has 0 heterocycles. The number of benzene rings is 2. The van der Waals surface area contributed by atoms with Gasteiger partial charge in [-0.05, 0) is 23.3 Å². The van der Waals surface area contributed by atoms with Gasteiger partial charge in [-0.25, -0.2) is 0 Å². The zero-order chi connectivity index (χ0) is 19.2. The molecular weight excluding hydrogens is 451 g/mol. The van der Waals surface area contributed by atoms with Crippen molar-refractivity contribution in [3.05, 3.63) is 48.0 Å². The topological polar surface area (TPSA) is 65.5 Å². The Kier molecular flexibility index (Phi) is 9.02. The monoisotopic (exact) mass is 482 g/mol. The molecule has 0 saturated carbocycles. The SMILES string of the molecule is CN=C(NCCNC(=O)C(C)(C)C)NC(C)c1cccc2ccccc12.I. The first kappa shape index (κ1) is 23.2. The molecule has 0 aliphatic heterocycles. The summed E-state index contributed by atoms with van der Waals surface area (Å²) in [5.41, 5.74) is 0.857. The summed E-state index contributed by atoms with van der Waals surface area (Å²) in [6.07, 6.45) is 0. The fourth-order valence-corrected chi connectivity index (χ4v) is 2.73. The van der Waals surface area contributed by atoms with Crippen LogP contribution in [0.4, 0.5) is 0 Å². The largest absolute Gasteiger partial charge is 0.355 e. The van der Waals surface area contributed by atoms with Gasteiger partial charge in [-0.2, -0.15) is 0 Å². The fourth-order valence-electron chi connectivity index (χ4n) is 2.73. The number of carbonyl (C=O) groups excluding carboxylic acids is 1. The van der Waals surface area contributed by atoms with E-state index in [1.807, 2.05) is 20.8 Å². The molecule has 2 aromatic rings.